The third-order valence-electron chi connectivity index (χ3n) is 6.08. The van der Waals surface area contributed by atoms with Crippen molar-refractivity contribution in [1.82, 2.24) is 4.90 Å². The molecular weight excluding hydrogens is 482 g/mol. The molecule has 0 bridgehead atoms. The van der Waals surface area contributed by atoms with E-state index in [0.717, 1.165) is 10.5 Å². The molecule has 0 spiro atoms. The number of methoxy groups -OCH3 is 1. The average Bonchev–Trinajstić information content (AvgIpc) is 3.29. The molecule has 1 aromatic carbocycles. The number of amides is 2. The zero-order valence-electron chi connectivity index (χ0n) is 21.4. The highest BCUT2D eigenvalue weighted by molar-refractivity contribution is 6.03. The number of allylic oxidation sites excluding steroid dienone is 1. The molecule has 2 amide bonds. The van der Waals surface area contributed by atoms with Crippen LogP contribution < -0.4 is 0 Å². The molecule has 3 rings (SSSR count). The Bertz CT molecular complexity index is 975. The molecule has 10 heteroatoms. The first-order valence-electron chi connectivity index (χ1n) is 12.3. The molecule has 202 valence electrons. The number of hydrogen-bond donors (Lipinski definition) is 1. The molecule has 1 N–H and O–H groups in total. The van der Waals surface area contributed by atoms with Crippen molar-refractivity contribution < 1.29 is 43.2 Å². The molecule has 0 radical (unpaired) electrons. The molecular formula is C27H35NO9. The zero-order chi connectivity index (χ0) is 26.8. The van der Waals surface area contributed by atoms with Gasteiger partial charge in [0.1, 0.15) is 18.5 Å². The molecule has 2 aliphatic heterocycles. The molecule has 1 saturated heterocycles. The van der Waals surface area contributed by atoms with Crippen molar-refractivity contribution in [2.24, 2.45) is 5.92 Å². The van der Waals surface area contributed by atoms with Gasteiger partial charge in [-0.15, -0.1) is 0 Å². The van der Waals surface area contributed by atoms with Crippen LogP contribution in [0.5, 0.6) is 0 Å². The molecule has 0 unspecified atom stereocenters. The second kappa shape index (κ2) is 14.0. The minimum Gasteiger partial charge on any atom is -0.479 e. The van der Waals surface area contributed by atoms with Crippen LogP contribution >= 0.6 is 0 Å². The lowest BCUT2D eigenvalue weighted by molar-refractivity contribution is -0.154. The van der Waals surface area contributed by atoms with E-state index in [9.17, 15) is 19.5 Å². The fourth-order valence-corrected chi connectivity index (χ4v) is 3.94. The van der Waals surface area contributed by atoms with Gasteiger partial charge in [-0.25, -0.2) is 9.69 Å². The number of aliphatic hydroxyl groups excluding tert-OH is 1. The van der Waals surface area contributed by atoms with E-state index >= 15 is 0 Å². The zero-order valence-corrected chi connectivity index (χ0v) is 21.4. The monoisotopic (exact) mass is 517 g/mol. The maximum atomic E-state index is 13.2. The van der Waals surface area contributed by atoms with Crippen molar-refractivity contribution in [1.29, 1.82) is 0 Å². The number of imide groups is 1. The predicted octanol–water partition coefficient (Wildman–Crippen LogP) is 2.40. The predicted molar refractivity (Wildman–Crippen MR) is 132 cm³/mol. The van der Waals surface area contributed by atoms with Gasteiger partial charge in [0.05, 0.1) is 32.5 Å². The van der Waals surface area contributed by atoms with Gasteiger partial charge in [0, 0.05) is 7.11 Å². The number of ether oxygens (including phenoxy) is 5. The minimum absolute atomic E-state index is 0.0274. The first-order valence-corrected chi connectivity index (χ1v) is 12.3. The van der Waals surface area contributed by atoms with E-state index in [4.69, 9.17) is 23.7 Å². The summed E-state index contributed by atoms with van der Waals surface area (Å²) in [5.41, 5.74) is 1.00. The molecule has 1 fully saturated rings. The van der Waals surface area contributed by atoms with E-state index in [2.05, 4.69) is 0 Å². The standard InChI is InChI=1S/C27H35NO9/c1-18(2)22-17-36-27(32)28(22)26(31)25(33-3)24-23(30)12-11-20(37-24)10-7-13-34-16-21(14-29)35-15-19-8-5-4-6-9-19/h4-6,8-12,18,21-22,24-25,29H,7,13-17H2,1-3H3/t21-,22-,24+,25+/m1/s1. The SMILES string of the molecule is CO[C@H](C(=O)N1C(=O)OC[C@@H]1C(C)C)[C@H]1OC(=CCCOC[C@@H](CO)OCc2ccccc2)C=CC1=O. The molecule has 1 aromatic rings. The lowest BCUT2D eigenvalue weighted by Gasteiger charge is -2.31. The van der Waals surface area contributed by atoms with E-state index in [-0.39, 0.29) is 25.7 Å². The first kappa shape index (κ1) is 28.5. The Labute approximate surface area is 216 Å². The topological polar surface area (TPSA) is 121 Å². The fourth-order valence-electron chi connectivity index (χ4n) is 3.94. The van der Waals surface area contributed by atoms with Gasteiger partial charge in [-0.05, 0) is 36.1 Å². The summed E-state index contributed by atoms with van der Waals surface area (Å²) >= 11 is 0. The summed E-state index contributed by atoms with van der Waals surface area (Å²) in [5, 5.41) is 9.53. The number of cyclic esters (lactones) is 1. The Morgan fingerprint density at radius 3 is 2.65 bits per heavy atom. The largest absolute Gasteiger partial charge is 0.479 e. The van der Waals surface area contributed by atoms with E-state index in [0.29, 0.717) is 25.4 Å². The van der Waals surface area contributed by atoms with E-state index in [1.807, 2.05) is 44.2 Å². The van der Waals surface area contributed by atoms with Crippen LogP contribution in [0.25, 0.3) is 0 Å². The molecule has 0 saturated carbocycles. The normalized spacial score (nSPS) is 22.3. The van der Waals surface area contributed by atoms with Gasteiger partial charge < -0.3 is 28.8 Å². The van der Waals surface area contributed by atoms with Crippen molar-refractivity contribution in [2.45, 2.75) is 51.2 Å². The molecule has 0 aliphatic carbocycles. The summed E-state index contributed by atoms with van der Waals surface area (Å²) in [7, 11) is 1.29. The lowest BCUT2D eigenvalue weighted by Crippen LogP contribution is -2.53. The second-order valence-electron chi connectivity index (χ2n) is 9.10. The third kappa shape index (κ3) is 7.72. The molecule has 2 aliphatic rings. The van der Waals surface area contributed by atoms with Crippen LogP contribution in [-0.2, 0) is 39.9 Å². The number of aliphatic hydroxyl groups is 1. The Morgan fingerprint density at radius 1 is 1.22 bits per heavy atom. The highest BCUT2D eigenvalue weighted by Gasteiger charge is 2.47. The summed E-state index contributed by atoms with van der Waals surface area (Å²) in [5.74, 6) is -0.763. The van der Waals surface area contributed by atoms with Gasteiger partial charge in [-0.1, -0.05) is 44.2 Å². The van der Waals surface area contributed by atoms with Gasteiger partial charge in [0.2, 0.25) is 0 Å². The van der Waals surface area contributed by atoms with E-state index in [1.54, 1.807) is 6.08 Å². The van der Waals surface area contributed by atoms with Crippen molar-refractivity contribution in [3.8, 4) is 0 Å². The van der Waals surface area contributed by atoms with E-state index in [1.165, 1.54) is 19.3 Å². The lowest BCUT2D eigenvalue weighted by atomic mass is 10.0. The van der Waals surface area contributed by atoms with Crippen LogP contribution in [0.15, 0.2) is 54.3 Å². The Kier molecular flexibility index (Phi) is 10.8. The fraction of sp³-hybridized carbons (Fsp3) is 0.519. The Balaban J connectivity index is 1.50. The number of nitrogens with zero attached hydrogens (tertiary/aromatic N) is 1. The van der Waals surface area contributed by atoms with Gasteiger partial charge in [0.25, 0.3) is 5.91 Å². The smallest absolute Gasteiger partial charge is 0.417 e. The van der Waals surface area contributed by atoms with Crippen LogP contribution in [0, 0.1) is 5.92 Å². The van der Waals surface area contributed by atoms with Crippen molar-refractivity contribution >= 4 is 17.8 Å². The Morgan fingerprint density at radius 2 is 1.97 bits per heavy atom. The summed E-state index contributed by atoms with van der Waals surface area (Å²) in [6, 6.07) is 9.20. The Hall–Kier alpha value is -3.05. The first-order chi connectivity index (χ1) is 17.8. The number of benzene rings is 1. The van der Waals surface area contributed by atoms with Gasteiger partial charge in [-0.2, -0.15) is 0 Å². The highest BCUT2D eigenvalue weighted by Crippen LogP contribution is 2.25. The van der Waals surface area contributed by atoms with Crippen LogP contribution in [-0.4, -0.2) is 85.7 Å². The molecule has 0 aromatic heterocycles. The van der Waals surface area contributed by atoms with Crippen LogP contribution in [0.4, 0.5) is 4.79 Å². The number of rotatable bonds is 13. The summed E-state index contributed by atoms with van der Waals surface area (Å²) in [4.78, 5) is 38.9. The number of hydrogen-bond acceptors (Lipinski definition) is 9. The molecule has 2 heterocycles. The van der Waals surface area contributed by atoms with Crippen LogP contribution in [0.1, 0.15) is 25.8 Å². The highest BCUT2D eigenvalue weighted by atomic mass is 16.6. The van der Waals surface area contributed by atoms with Gasteiger partial charge in [0.15, 0.2) is 18.0 Å². The molecule has 4 atom stereocenters. The van der Waals surface area contributed by atoms with Gasteiger partial charge in [-0.3, -0.25) is 9.59 Å². The van der Waals surface area contributed by atoms with Crippen molar-refractivity contribution in [3.63, 3.8) is 0 Å². The van der Waals surface area contributed by atoms with Crippen LogP contribution in [0.3, 0.4) is 0 Å². The minimum atomic E-state index is -1.31. The maximum Gasteiger partial charge on any atom is 0.417 e. The van der Waals surface area contributed by atoms with Crippen molar-refractivity contribution in [2.75, 3.05) is 33.5 Å². The van der Waals surface area contributed by atoms with Crippen molar-refractivity contribution in [3.05, 3.63) is 59.9 Å². The van der Waals surface area contributed by atoms with Crippen LogP contribution in [0.2, 0.25) is 0 Å². The number of carbonyl (C=O) groups is 3. The average molecular weight is 518 g/mol. The quantitative estimate of drug-likeness (QED) is 0.393. The number of ketones is 1. The van der Waals surface area contributed by atoms with Gasteiger partial charge >= 0.3 is 6.09 Å². The molecule has 37 heavy (non-hydrogen) atoms. The summed E-state index contributed by atoms with van der Waals surface area (Å²) in [6.07, 6.45) is 1.26. The third-order valence-corrected chi connectivity index (χ3v) is 6.08. The molecule has 10 nitrogen and oxygen atoms in total. The van der Waals surface area contributed by atoms with E-state index < -0.39 is 42.1 Å². The second-order valence-corrected chi connectivity index (χ2v) is 9.10. The summed E-state index contributed by atoms with van der Waals surface area (Å²) < 4.78 is 27.5. The summed E-state index contributed by atoms with van der Waals surface area (Å²) in [6.45, 7) is 4.60. The number of carbonyl (C=O) groups excluding carboxylic acids is 3. The maximum absolute atomic E-state index is 13.2.